The van der Waals surface area contributed by atoms with Gasteiger partial charge in [-0.05, 0) is 89.1 Å². The highest BCUT2D eigenvalue weighted by atomic mass is 35.5. The second kappa shape index (κ2) is 5.28. The van der Waals surface area contributed by atoms with Crippen molar-refractivity contribution in [1.29, 1.82) is 0 Å². The van der Waals surface area contributed by atoms with Crippen molar-refractivity contribution in [3.8, 4) is 0 Å². The monoisotopic (exact) mass is 297 g/mol. The van der Waals surface area contributed by atoms with E-state index < -0.39 is 0 Å². The van der Waals surface area contributed by atoms with E-state index in [1.165, 1.54) is 51.4 Å². The second-order valence-electron chi connectivity index (χ2n) is 7.98. The first-order valence-electron chi connectivity index (χ1n) is 8.45. The van der Waals surface area contributed by atoms with Gasteiger partial charge in [0.05, 0.1) is 6.04 Å². The molecule has 5 rings (SSSR count). The number of nitrogens with zero attached hydrogens (tertiary/aromatic N) is 1. The molecule has 0 radical (unpaired) electrons. The summed E-state index contributed by atoms with van der Waals surface area (Å²) in [6.45, 7) is 4.49. The Hall–Kier alpha value is -0.0800. The highest BCUT2D eigenvalue weighted by molar-refractivity contribution is 5.90. The average Bonchev–Trinajstić information content (AvgIpc) is 2.89. The molecule has 114 valence electrons. The van der Waals surface area contributed by atoms with Crippen LogP contribution in [0.2, 0.25) is 0 Å². The molecule has 3 heteroatoms. The van der Waals surface area contributed by atoms with Crippen molar-refractivity contribution in [3.05, 3.63) is 0 Å². The van der Waals surface area contributed by atoms with Crippen LogP contribution in [-0.2, 0) is 4.79 Å². The summed E-state index contributed by atoms with van der Waals surface area (Å²) in [6.07, 6.45) is 10.6. The Morgan fingerprint density at radius 2 is 1.45 bits per heavy atom. The van der Waals surface area contributed by atoms with Gasteiger partial charge in [0.2, 0.25) is 0 Å². The van der Waals surface area contributed by atoms with Crippen LogP contribution in [0.3, 0.4) is 0 Å². The number of hydrogen-bond donors (Lipinski definition) is 0. The van der Waals surface area contributed by atoms with Crippen molar-refractivity contribution in [1.82, 2.24) is 4.90 Å². The van der Waals surface area contributed by atoms with E-state index >= 15 is 0 Å². The lowest BCUT2D eigenvalue weighted by atomic mass is 9.48. The minimum atomic E-state index is 0. The zero-order valence-corrected chi connectivity index (χ0v) is 13.5. The number of rotatable bonds is 3. The maximum atomic E-state index is 13.1. The van der Waals surface area contributed by atoms with Crippen molar-refractivity contribution >= 4 is 18.2 Å². The molecule has 4 aliphatic carbocycles. The summed E-state index contributed by atoms with van der Waals surface area (Å²) in [7, 11) is 0. The average molecular weight is 298 g/mol. The smallest absolute Gasteiger partial charge is 0.155 e. The number of carbonyl (C=O) groups excluding carboxylic acids is 1. The molecule has 0 aromatic carbocycles. The lowest BCUT2D eigenvalue weighted by Gasteiger charge is -2.56. The van der Waals surface area contributed by atoms with Crippen molar-refractivity contribution in [2.75, 3.05) is 13.1 Å². The van der Waals surface area contributed by atoms with Crippen LogP contribution in [0.5, 0.6) is 0 Å². The Labute approximate surface area is 129 Å². The Morgan fingerprint density at radius 1 is 1.00 bits per heavy atom. The van der Waals surface area contributed by atoms with Crippen molar-refractivity contribution < 1.29 is 4.79 Å². The highest BCUT2D eigenvalue weighted by Crippen LogP contribution is 2.60. The van der Waals surface area contributed by atoms with Gasteiger partial charge >= 0.3 is 0 Å². The molecule has 2 nitrogen and oxygen atoms in total. The van der Waals surface area contributed by atoms with E-state index in [9.17, 15) is 4.79 Å². The molecule has 0 aromatic heterocycles. The molecule has 0 spiro atoms. The van der Waals surface area contributed by atoms with Crippen LogP contribution in [0.1, 0.15) is 58.3 Å². The molecule has 20 heavy (non-hydrogen) atoms. The van der Waals surface area contributed by atoms with E-state index in [4.69, 9.17) is 0 Å². The SMILES string of the molecule is CC(C(=O)C12CC3CC(CC(C3)C1)C2)N1CCCC1.Cl. The normalized spacial score (nSPS) is 44.4. The third kappa shape index (κ3) is 2.23. The Balaban J connectivity index is 0.00000121. The molecule has 1 atom stereocenters. The van der Waals surface area contributed by atoms with Crippen LogP contribution in [0.25, 0.3) is 0 Å². The van der Waals surface area contributed by atoms with Crippen LogP contribution in [0.15, 0.2) is 0 Å². The summed E-state index contributed by atoms with van der Waals surface area (Å²) in [4.78, 5) is 15.6. The Kier molecular flexibility index (Phi) is 3.92. The zero-order valence-electron chi connectivity index (χ0n) is 12.6. The lowest BCUT2D eigenvalue weighted by Crippen LogP contribution is -2.54. The number of ketones is 1. The maximum absolute atomic E-state index is 13.1. The van der Waals surface area contributed by atoms with Gasteiger partial charge in [-0.3, -0.25) is 9.69 Å². The summed E-state index contributed by atoms with van der Waals surface area (Å²) in [5.74, 6) is 3.29. The maximum Gasteiger partial charge on any atom is 0.155 e. The molecule has 1 heterocycles. The number of carbonyl (C=O) groups is 1. The van der Waals surface area contributed by atoms with Crippen molar-refractivity contribution in [3.63, 3.8) is 0 Å². The van der Waals surface area contributed by atoms with Gasteiger partial charge in [0.1, 0.15) is 0 Å². The van der Waals surface area contributed by atoms with E-state index in [1.54, 1.807) is 0 Å². The predicted molar refractivity (Wildman–Crippen MR) is 83.1 cm³/mol. The van der Waals surface area contributed by atoms with Crippen LogP contribution in [0, 0.1) is 23.2 Å². The topological polar surface area (TPSA) is 20.3 Å². The van der Waals surface area contributed by atoms with E-state index in [2.05, 4.69) is 11.8 Å². The molecule has 5 aliphatic rings. The standard InChI is InChI=1S/C17H27NO.ClH/c1-12(18-4-2-3-5-18)16(19)17-9-13-6-14(10-17)8-15(7-13)11-17;/h12-15H,2-11H2,1H3;1H. The lowest BCUT2D eigenvalue weighted by molar-refractivity contribution is -0.148. The van der Waals surface area contributed by atoms with Gasteiger partial charge in [-0.1, -0.05) is 0 Å². The fourth-order valence-corrected chi connectivity index (χ4v) is 6.15. The molecule has 5 fully saturated rings. The van der Waals surface area contributed by atoms with Gasteiger partial charge in [0.25, 0.3) is 0 Å². The van der Waals surface area contributed by atoms with Gasteiger partial charge in [-0.15, -0.1) is 12.4 Å². The summed E-state index contributed by atoms with van der Waals surface area (Å²) in [6, 6.07) is 0.193. The van der Waals surface area contributed by atoms with E-state index in [-0.39, 0.29) is 23.9 Å². The number of likely N-dealkylation sites (tertiary alicyclic amines) is 1. The van der Waals surface area contributed by atoms with Crippen LogP contribution >= 0.6 is 12.4 Å². The van der Waals surface area contributed by atoms with Crippen molar-refractivity contribution in [2.45, 2.75) is 64.3 Å². The molecule has 1 saturated heterocycles. The third-order valence-corrected chi connectivity index (χ3v) is 6.63. The minimum Gasteiger partial charge on any atom is -0.297 e. The van der Waals surface area contributed by atoms with Gasteiger partial charge < -0.3 is 0 Å². The van der Waals surface area contributed by atoms with E-state index in [0.717, 1.165) is 30.8 Å². The van der Waals surface area contributed by atoms with Gasteiger partial charge in [0, 0.05) is 5.41 Å². The van der Waals surface area contributed by atoms with Crippen LogP contribution < -0.4 is 0 Å². The van der Waals surface area contributed by atoms with Gasteiger partial charge in [-0.25, -0.2) is 0 Å². The van der Waals surface area contributed by atoms with E-state index in [0.29, 0.717) is 5.78 Å². The Bertz CT molecular complexity index is 353. The first kappa shape index (κ1) is 14.8. The minimum absolute atomic E-state index is 0. The molecular weight excluding hydrogens is 270 g/mol. The predicted octanol–water partition coefficient (Wildman–Crippen LogP) is 3.68. The van der Waals surface area contributed by atoms with Gasteiger partial charge in [0.15, 0.2) is 5.78 Å². The molecule has 4 bridgehead atoms. The molecule has 4 saturated carbocycles. The van der Waals surface area contributed by atoms with Crippen LogP contribution in [-0.4, -0.2) is 29.8 Å². The van der Waals surface area contributed by atoms with E-state index in [1.807, 2.05) is 0 Å². The fraction of sp³-hybridized carbons (Fsp3) is 0.941. The Morgan fingerprint density at radius 3 is 1.90 bits per heavy atom. The molecule has 0 amide bonds. The molecule has 0 aromatic rings. The van der Waals surface area contributed by atoms with Crippen molar-refractivity contribution in [2.24, 2.45) is 23.2 Å². The quantitative estimate of drug-likeness (QED) is 0.792. The second-order valence-corrected chi connectivity index (χ2v) is 7.98. The van der Waals surface area contributed by atoms with Crippen LogP contribution in [0.4, 0.5) is 0 Å². The first-order valence-corrected chi connectivity index (χ1v) is 8.45. The molecule has 1 aliphatic heterocycles. The molecular formula is C17H28ClNO. The number of Topliss-reactive ketones (excluding diaryl/α,β-unsaturated/α-hetero) is 1. The highest BCUT2D eigenvalue weighted by Gasteiger charge is 2.55. The first-order chi connectivity index (χ1) is 9.16. The fourth-order valence-electron chi connectivity index (χ4n) is 6.15. The van der Waals surface area contributed by atoms with Gasteiger partial charge in [-0.2, -0.15) is 0 Å². The summed E-state index contributed by atoms with van der Waals surface area (Å²) >= 11 is 0. The third-order valence-electron chi connectivity index (χ3n) is 6.63. The zero-order chi connectivity index (χ0) is 13.0. The largest absolute Gasteiger partial charge is 0.297 e. The summed E-state index contributed by atoms with van der Waals surface area (Å²) in [5, 5.41) is 0. The molecule has 1 unspecified atom stereocenters. The molecule has 0 N–H and O–H groups in total. The number of hydrogen-bond acceptors (Lipinski definition) is 2. The summed E-state index contributed by atoms with van der Waals surface area (Å²) in [5.41, 5.74) is 0.108. The summed E-state index contributed by atoms with van der Waals surface area (Å²) < 4.78 is 0. The number of halogens is 1.